The van der Waals surface area contributed by atoms with Crippen LogP contribution in [0.2, 0.25) is 5.15 Å². The number of hydrogen-bond donors (Lipinski definition) is 1. The Kier molecular flexibility index (Phi) is 3.89. The van der Waals surface area contributed by atoms with E-state index in [-0.39, 0.29) is 16.5 Å². The molecule has 1 aromatic carbocycles. The molecule has 0 saturated heterocycles. The van der Waals surface area contributed by atoms with Crippen LogP contribution in [0.4, 0.5) is 19.0 Å². The van der Waals surface area contributed by atoms with Gasteiger partial charge in [-0.3, -0.25) is 4.79 Å². The number of nitrogens with one attached hydrogen (secondary N) is 1. The summed E-state index contributed by atoms with van der Waals surface area (Å²) in [5.41, 5.74) is -1.02. The Bertz CT molecular complexity index is 629. The molecule has 1 amide bonds. The molecule has 0 spiro atoms. The number of hydrogen-bond acceptors (Lipinski definition) is 3. The van der Waals surface area contributed by atoms with Gasteiger partial charge >= 0.3 is 6.18 Å². The second-order valence-electron chi connectivity index (χ2n) is 3.76. The molecule has 0 aliphatic rings. The first-order valence-electron chi connectivity index (χ1n) is 5.32. The third-order valence-corrected chi connectivity index (χ3v) is 2.51. The summed E-state index contributed by atoms with van der Waals surface area (Å²) in [6.07, 6.45) is -2.09. The lowest BCUT2D eigenvalue weighted by atomic mass is 10.1. The van der Waals surface area contributed by atoms with Crippen LogP contribution in [-0.2, 0) is 6.18 Å². The van der Waals surface area contributed by atoms with Crippen LogP contribution in [-0.4, -0.2) is 15.9 Å². The lowest BCUT2D eigenvalue weighted by molar-refractivity contribution is -0.137. The van der Waals surface area contributed by atoms with E-state index < -0.39 is 17.6 Å². The second kappa shape index (κ2) is 5.46. The van der Waals surface area contributed by atoms with Crippen molar-refractivity contribution < 1.29 is 18.0 Å². The highest BCUT2D eigenvalue weighted by molar-refractivity contribution is 6.29. The van der Waals surface area contributed by atoms with Gasteiger partial charge < -0.3 is 5.32 Å². The molecular weight excluding hydrogens is 295 g/mol. The molecule has 0 atom stereocenters. The highest BCUT2D eigenvalue weighted by Crippen LogP contribution is 2.29. The fraction of sp³-hybridized carbons (Fsp3) is 0.0833. The first kappa shape index (κ1) is 14.3. The molecular formula is C12H7ClF3N3O. The number of halogens is 4. The van der Waals surface area contributed by atoms with Gasteiger partial charge in [0.2, 0.25) is 0 Å². The van der Waals surface area contributed by atoms with Crippen LogP contribution in [0, 0.1) is 0 Å². The number of carbonyl (C=O) groups is 1. The molecule has 0 aliphatic heterocycles. The van der Waals surface area contributed by atoms with Gasteiger partial charge in [-0.2, -0.15) is 13.2 Å². The number of alkyl halides is 3. The minimum Gasteiger partial charge on any atom is -0.305 e. The monoisotopic (exact) mass is 301 g/mol. The molecule has 8 heteroatoms. The van der Waals surface area contributed by atoms with E-state index in [4.69, 9.17) is 11.6 Å². The Morgan fingerprint density at radius 1 is 1.20 bits per heavy atom. The third-order valence-electron chi connectivity index (χ3n) is 2.31. The summed E-state index contributed by atoms with van der Waals surface area (Å²) in [5, 5.41) is 2.47. The summed E-state index contributed by atoms with van der Waals surface area (Å²) in [6, 6.07) is 4.08. The lowest BCUT2D eigenvalue weighted by Crippen LogP contribution is -2.14. The molecule has 1 N–H and O–H groups in total. The molecule has 4 nitrogen and oxygen atoms in total. The van der Waals surface area contributed by atoms with Crippen molar-refractivity contribution in [2.75, 3.05) is 5.32 Å². The van der Waals surface area contributed by atoms with E-state index in [2.05, 4.69) is 15.3 Å². The summed E-state index contributed by atoms with van der Waals surface area (Å²) in [7, 11) is 0. The van der Waals surface area contributed by atoms with Crippen LogP contribution in [0.25, 0.3) is 0 Å². The van der Waals surface area contributed by atoms with Gasteiger partial charge in [0.1, 0.15) is 5.15 Å². The van der Waals surface area contributed by atoms with Crippen molar-refractivity contribution in [1.29, 1.82) is 0 Å². The Morgan fingerprint density at radius 2 is 1.95 bits per heavy atom. The van der Waals surface area contributed by atoms with Gasteiger partial charge in [0, 0.05) is 5.56 Å². The minimum atomic E-state index is -4.50. The van der Waals surface area contributed by atoms with Crippen molar-refractivity contribution in [3.63, 3.8) is 0 Å². The average molecular weight is 302 g/mol. The van der Waals surface area contributed by atoms with Gasteiger partial charge in [0.15, 0.2) is 5.82 Å². The topological polar surface area (TPSA) is 54.9 Å². The van der Waals surface area contributed by atoms with Gasteiger partial charge in [-0.25, -0.2) is 9.97 Å². The molecule has 1 heterocycles. The minimum absolute atomic E-state index is 0.0943. The number of rotatable bonds is 2. The predicted octanol–water partition coefficient (Wildman–Crippen LogP) is 3.40. The molecule has 0 aliphatic carbocycles. The van der Waals surface area contributed by atoms with E-state index in [0.29, 0.717) is 0 Å². The fourth-order valence-corrected chi connectivity index (χ4v) is 1.50. The zero-order valence-corrected chi connectivity index (χ0v) is 10.5. The molecule has 20 heavy (non-hydrogen) atoms. The quantitative estimate of drug-likeness (QED) is 0.925. The normalized spacial score (nSPS) is 11.2. The Morgan fingerprint density at radius 3 is 2.55 bits per heavy atom. The number of carbonyl (C=O) groups excluding carboxylic acids is 1. The Labute approximate surface area is 116 Å². The van der Waals surface area contributed by atoms with E-state index in [9.17, 15) is 18.0 Å². The highest BCUT2D eigenvalue weighted by atomic mass is 35.5. The smallest absolute Gasteiger partial charge is 0.305 e. The first-order valence-corrected chi connectivity index (χ1v) is 5.70. The van der Waals surface area contributed by atoms with Crippen molar-refractivity contribution in [3.8, 4) is 0 Å². The maximum atomic E-state index is 12.5. The zero-order valence-electron chi connectivity index (χ0n) is 9.78. The van der Waals surface area contributed by atoms with E-state index in [0.717, 1.165) is 18.2 Å². The molecule has 2 rings (SSSR count). The van der Waals surface area contributed by atoms with Gasteiger partial charge in [-0.15, -0.1) is 0 Å². The molecule has 0 fully saturated rings. The third kappa shape index (κ3) is 3.45. The van der Waals surface area contributed by atoms with Crippen LogP contribution < -0.4 is 5.32 Å². The molecule has 0 radical (unpaired) electrons. The van der Waals surface area contributed by atoms with Gasteiger partial charge in [0.25, 0.3) is 5.91 Å². The Balaban J connectivity index is 2.19. The summed E-state index contributed by atoms with van der Waals surface area (Å²) in [5.74, 6) is -0.621. The van der Waals surface area contributed by atoms with Crippen LogP contribution in [0.1, 0.15) is 15.9 Å². The summed E-state index contributed by atoms with van der Waals surface area (Å²) in [6.45, 7) is 0. The maximum Gasteiger partial charge on any atom is 0.416 e. The lowest BCUT2D eigenvalue weighted by Gasteiger charge is -2.08. The summed E-state index contributed by atoms with van der Waals surface area (Å²) in [4.78, 5) is 19.3. The number of aromatic nitrogens is 2. The van der Waals surface area contributed by atoms with E-state index in [1.54, 1.807) is 0 Å². The molecule has 2 aromatic rings. The summed E-state index contributed by atoms with van der Waals surface area (Å²) < 4.78 is 37.6. The SMILES string of the molecule is O=C(Nc1cnc(Cl)cn1)c1cccc(C(F)(F)F)c1. The van der Waals surface area contributed by atoms with Crippen LogP contribution in [0.5, 0.6) is 0 Å². The van der Waals surface area contributed by atoms with E-state index in [1.165, 1.54) is 18.5 Å². The van der Waals surface area contributed by atoms with E-state index in [1.807, 2.05) is 0 Å². The molecule has 104 valence electrons. The first-order chi connectivity index (χ1) is 9.36. The van der Waals surface area contributed by atoms with Crippen LogP contribution in [0.15, 0.2) is 36.7 Å². The molecule has 0 bridgehead atoms. The van der Waals surface area contributed by atoms with Gasteiger partial charge in [-0.05, 0) is 18.2 Å². The largest absolute Gasteiger partial charge is 0.416 e. The highest BCUT2D eigenvalue weighted by Gasteiger charge is 2.30. The van der Waals surface area contributed by atoms with Crippen molar-refractivity contribution in [3.05, 3.63) is 52.9 Å². The van der Waals surface area contributed by atoms with Crippen molar-refractivity contribution in [2.24, 2.45) is 0 Å². The standard InChI is InChI=1S/C12H7ClF3N3O/c13-9-5-18-10(6-17-9)19-11(20)7-2-1-3-8(4-7)12(14,15)16/h1-6H,(H,18,19,20). The van der Waals surface area contributed by atoms with Crippen molar-refractivity contribution >= 4 is 23.3 Å². The van der Waals surface area contributed by atoms with E-state index >= 15 is 0 Å². The average Bonchev–Trinajstić information content (AvgIpc) is 2.40. The fourth-order valence-electron chi connectivity index (χ4n) is 1.40. The van der Waals surface area contributed by atoms with Crippen molar-refractivity contribution in [2.45, 2.75) is 6.18 Å². The van der Waals surface area contributed by atoms with Crippen molar-refractivity contribution in [1.82, 2.24) is 9.97 Å². The van der Waals surface area contributed by atoms with Crippen LogP contribution >= 0.6 is 11.6 Å². The number of benzene rings is 1. The van der Waals surface area contributed by atoms with Crippen LogP contribution in [0.3, 0.4) is 0 Å². The Hall–Kier alpha value is -2.15. The molecule has 1 aromatic heterocycles. The maximum absolute atomic E-state index is 12.5. The van der Waals surface area contributed by atoms with Gasteiger partial charge in [0.05, 0.1) is 18.0 Å². The van der Waals surface area contributed by atoms with Gasteiger partial charge in [-0.1, -0.05) is 17.7 Å². The second-order valence-corrected chi connectivity index (χ2v) is 4.14. The molecule has 0 unspecified atom stereocenters. The number of nitrogens with zero attached hydrogens (tertiary/aromatic N) is 2. The number of amides is 1. The zero-order chi connectivity index (χ0) is 14.8. The molecule has 0 saturated carbocycles. The summed E-state index contributed by atoms with van der Waals surface area (Å²) >= 11 is 5.52. The predicted molar refractivity (Wildman–Crippen MR) is 66.4 cm³/mol. The number of anilines is 1.